The van der Waals surface area contributed by atoms with Gasteiger partial charge in [0.2, 0.25) is 0 Å². The van der Waals surface area contributed by atoms with Crippen LogP contribution in [0, 0.1) is 0 Å². The number of carboxylic acid groups (broad SMARTS) is 1. The highest BCUT2D eigenvalue weighted by molar-refractivity contribution is 9.10. The standard InChI is InChI=1S/C19H21BrN2O4/c1-4-25-17-9-14(16(20)10-18(17)26-12(2)3)11-21-22-15-7-5-13(6-8-15)19(23)24/h5-12,22H,4H2,1-3H3,(H,23,24). The Morgan fingerprint density at radius 3 is 2.54 bits per heavy atom. The minimum Gasteiger partial charge on any atom is -0.490 e. The van der Waals surface area contributed by atoms with Gasteiger partial charge in [0.25, 0.3) is 0 Å². The molecule has 2 aromatic carbocycles. The smallest absolute Gasteiger partial charge is 0.335 e. The molecule has 0 saturated carbocycles. The van der Waals surface area contributed by atoms with Crippen LogP contribution in [0.5, 0.6) is 11.5 Å². The Labute approximate surface area is 161 Å². The molecule has 0 aliphatic heterocycles. The van der Waals surface area contributed by atoms with Crippen LogP contribution >= 0.6 is 15.9 Å². The number of carbonyl (C=O) groups is 1. The van der Waals surface area contributed by atoms with Crippen molar-refractivity contribution in [2.45, 2.75) is 26.9 Å². The van der Waals surface area contributed by atoms with Crippen LogP contribution in [0.25, 0.3) is 0 Å². The van der Waals surface area contributed by atoms with Crippen molar-refractivity contribution in [1.29, 1.82) is 0 Å². The van der Waals surface area contributed by atoms with Gasteiger partial charge in [-0.05, 0) is 73.1 Å². The minimum absolute atomic E-state index is 0.0380. The number of rotatable bonds is 8. The Kier molecular flexibility index (Phi) is 7.03. The van der Waals surface area contributed by atoms with Gasteiger partial charge < -0.3 is 14.6 Å². The molecule has 0 amide bonds. The normalized spacial score (nSPS) is 11.0. The average Bonchev–Trinajstić information content (AvgIpc) is 2.58. The highest BCUT2D eigenvalue weighted by Crippen LogP contribution is 2.34. The van der Waals surface area contributed by atoms with Gasteiger partial charge >= 0.3 is 5.97 Å². The lowest BCUT2D eigenvalue weighted by atomic mass is 10.2. The second kappa shape index (κ2) is 9.24. The maximum absolute atomic E-state index is 10.9. The van der Waals surface area contributed by atoms with Crippen molar-refractivity contribution in [3.05, 3.63) is 52.0 Å². The molecular formula is C19H21BrN2O4. The van der Waals surface area contributed by atoms with Crippen molar-refractivity contribution in [3.63, 3.8) is 0 Å². The zero-order chi connectivity index (χ0) is 19.1. The zero-order valence-corrected chi connectivity index (χ0v) is 16.4. The third-order valence-electron chi connectivity index (χ3n) is 3.25. The predicted molar refractivity (Wildman–Crippen MR) is 106 cm³/mol. The molecular weight excluding hydrogens is 400 g/mol. The molecule has 0 fully saturated rings. The van der Waals surface area contributed by atoms with E-state index in [4.69, 9.17) is 14.6 Å². The van der Waals surface area contributed by atoms with E-state index in [1.807, 2.05) is 32.9 Å². The minimum atomic E-state index is -0.962. The monoisotopic (exact) mass is 420 g/mol. The summed E-state index contributed by atoms with van der Waals surface area (Å²) in [7, 11) is 0. The molecule has 0 heterocycles. The van der Waals surface area contributed by atoms with E-state index in [1.54, 1.807) is 18.3 Å². The van der Waals surface area contributed by atoms with Crippen molar-refractivity contribution in [2.24, 2.45) is 5.10 Å². The third-order valence-corrected chi connectivity index (χ3v) is 3.94. The maximum atomic E-state index is 10.9. The second-order valence-corrected chi connectivity index (χ2v) is 6.53. The van der Waals surface area contributed by atoms with Crippen molar-refractivity contribution >= 4 is 33.8 Å². The highest BCUT2D eigenvalue weighted by atomic mass is 79.9. The summed E-state index contributed by atoms with van der Waals surface area (Å²) in [5.41, 5.74) is 4.60. The summed E-state index contributed by atoms with van der Waals surface area (Å²) in [5.74, 6) is 0.357. The SMILES string of the molecule is CCOc1cc(C=NNc2ccc(C(=O)O)cc2)c(Br)cc1OC(C)C. The summed E-state index contributed by atoms with van der Waals surface area (Å²) in [6.45, 7) is 6.36. The fourth-order valence-electron chi connectivity index (χ4n) is 2.13. The molecule has 2 rings (SSSR count). The van der Waals surface area contributed by atoms with Crippen LogP contribution in [-0.2, 0) is 0 Å². The number of carboxylic acids is 1. The lowest BCUT2D eigenvalue weighted by Crippen LogP contribution is -2.08. The molecule has 0 saturated heterocycles. The van der Waals surface area contributed by atoms with Crippen LogP contribution in [-0.4, -0.2) is 30.0 Å². The molecule has 0 aliphatic carbocycles. The van der Waals surface area contributed by atoms with E-state index < -0.39 is 5.97 Å². The lowest BCUT2D eigenvalue weighted by molar-refractivity contribution is 0.0697. The number of hydrogen-bond acceptors (Lipinski definition) is 5. The molecule has 0 aliphatic rings. The van der Waals surface area contributed by atoms with Crippen LogP contribution in [0.1, 0.15) is 36.7 Å². The number of nitrogens with one attached hydrogen (secondary N) is 1. The van der Waals surface area contributed by atoms with Gasteiger partial charge in [-0.15, -0.1) is 0 Å². The molecule has 0 unspecified atom stereocenters. The van der Waals surface area contributed by atoms with Gasteiger partial charge in [-0.25, -0.2) is 4.79 Å². The molecule has 0 atom stereocenters. The first-order valence-corrected chi connectivity index (χ1v) is 8.95. The van der Waals surface area contributed by atoms with Crippen molar-refractivity contribution in [3.8, 4) is 11.5 Å². The van der Waals surface area contributed by atoms with Gasteiger partial charge in [0, 0.05) is 10.0 Å². The molecule has 0 radical (unpaired) electrons. The van der Waals surface area contributed by atoms with Crippen LogP contribution in [0.4, 0.5) is 5.69 Å². The number of aromatic carboxylic acids is 1. The molecule has 0 spiro atoms. The first-order valence-electron chi connectivity index (χ1n) is 8.16. The van der Waals surface area contributed by atoms with E-state index >= 15 is 0 Å². The maximum Gasteiger partial charge on any atom is 0.335 e. The average molecular weight is 421 g/mol. The molecule has 2 aromatic rings. The molecule has 7 heteroatoms. The van der Waals surface area contributed by atoms with Gasteiger partial charge in [-0.1, -0.05) is 0 Å². The van der Waals surface area contributed by atoms with E-state index in [-0.39, 0.29) is 11.7 Å². The summed E-state index contributed by atoms with van der Waals surface area (Å²) < 4.78 is 12.2. The Hall–Kier alpha value is -2.54. The lowest BCUT2D eigenvalue weighted by Gasteiger charge is -2.16. The number of halogens is 1. The van der Waals surface area contributed by atoms with Crippen LogP contribution < -0.4 is 14.9 Å². The summed E-state index contributed by atoms with van der Waals surface area (Å²) in [5, 5.41) is 13.1. The van der Waals surface area contributed by atoms with Crippen LogP contribution in [0.15, 0.2) is 46.0 Å². The molecule has 0 bridgehead atoms. The third kappa shape index (κ3) is 5.49. The molecule has 138 valence electrons. The van der Waals surface area contributed by atoms with E-state index in [9.17, 15) is 4.79 Å². The number of anilines is 1. The Morgan fingerprint density at radius 2 is 1.96 bits per heavy atom. The molecule has 2 N–H and O–H groups in total. The van der Waals surface area contributed by atoms with Crippen LogP contribution in [0.3, 0.4) is 0 Å². The number of ether oxygens (including phenoxy) is 2. The summed E-state index contributed by atoms with van der Waals surface area (Å²) >= 11 is 3.51. The fraction of sp³-hybridized carbons (Fsp3) is 0.263. The van der Waals surface area contributed by atoms with Crippen molar-refractivity contribution < 1.29 is 19.4 Å². The van der Waals surface area contributed by atoms with Gasteiger partial charge in [0.15, 0.2) is 11.5 Å². The Bertz CT molecular complexity index is 789. The summed E-state index contributed by atoms with van der Waals surface area (Å²) in [4.78, 5) is 10.9. The molecule has 6 nitrogen and oxygen atoms in total. The number of hydrogen-bond donors (Lipinski definition) is 2. The highest BCUT2D eigenvalue weighted by Gasteiger charge is 2.11. The van der Waals surface area contributed by atoms with Gasteiger partial charge in [0.05, 0.1) is 30.2 Å². The van der Waals surface area contributed by atoms with E-state index in [1.165, 1.54) is 12.1 Å². The Morgan fingerprint density at radius 1 is 1.27 bits per heavy atom. The summed E-state index contributed by atoms with van der Waals surface area (Å²) in [6, 6.07) is 10.0. The topological polar surface area (TPSA) is 80.2 Å². The predicted octanol–water partition coefficient (Wildman–Crippen LogP) is 4.78. The Balaban J connectivity index is 2.15. The quantitative estimate of drug-likeness (QED) is 0.474. The fourth-order valence-corrected chi connectivity index (χ4v) is 2.55. The number of benzene rings is 2. The van der Waals surface area contributed by atoms with E-state index in [0.717, 1.165) is 10.0 Å². The zero-order valence-electron chi connectivity index (χ0n) is 14.8. The largest absolute Gasteiger partial charge is 0.490 e. The van der Waals surface area contributed by atoms with Gasteiger partial charge in [-0.2, -0.15) is 5.10 Å². The van der Waals surface area contributed by atoms with Gasteiger partial charge in [0.1, 0.15) is 0 Å². The first kappa shape index (κ1) is 19.8. The first-order chi connectivity index (χ1) is 12.4. The van der Waals surface area contributed by atoms with E-state index in [2.05, 4.69) is 26.5 Å². The number of nitrogens with zero attached hydrogens (tertiary/aromatic N) is 1. The van der Waals surface area contributed by atoms with Crippen molar-refractivity contribution in [1.82, 2.24) is 0 Å². The van der Waals surface area contributed by atoms with Crippen molar-refractivity contribution in [2.75, 3.05) is 12.0 Å². The van der Waals surface area contributed by atoms with Gasteiger partial charge in [-0.3, -0.25) is 5.43 Å². The second-order valence-electron chi connectivity index (χ2n) is 5.67. The molecule has 26 heavy (non-hydrogen) atoms. The summed E-state index contributed by atoms with van der Waals surface area (Å²) in [6.07, 6.45) is 1.69. The van der Waals surface area contributed by atoms with Crippen LogP contribution in [0.2, 0.25) is 0 Å². The van der Waals surface area contributed by atoms with E-state index in [0.29, 0.717) is 23.8 Å². The number of hydrazone groups is 1. The molecule has 0 aromatic heterocycles.